The molecule has 0 saturated heterocycles. The molecule has 88 valence electrons. The van der Waals surface area contributed by atoms with Crippen molar-refractivity contribution in [3.63, 3.8) is 0 Å². The molecule has 0 atom stereocenters. The molecule has 0 spiro atoms. The van der Waals surface area contributed by atoms with Crippen LogP contribution in [0.25, 0.3) is 0 Å². The highest BCUT2D eigenvalue weighted by Crippen LogP contribution is 2.20. The van der Waals surface area contributed by atoms with E-state index >= 15 is 0 Å². The molecular weight excluding hydrogens is 268 g/mol. The number of ether oxygens (including phenoxy) is 1. The number of benzene rings is 1. The first-order valence-corrected chi connectivity index (χ1v) is 6.35. The van der Waals surface area contributed by atoms with Crippen molar-refractivity contribution in [2.75, 3.05) is 7.11 Å². The smallest absolute Gasteiger partial charge is 0.338 e. The highest BCUT2D eigenvalue weighted by atomic mass is 79.9. The molecule has 0 N–H and O–H groups in total. The predicted octanol–water partition coefficient (Wildman–Crippen LogP) is 3.97. The lowest BCUT2D eigenvalue weighted by atomic mass is 10.1. The van der Waals surface area contributed by atoms with E-state index in [9.17, 15) is 4.79 Å². The van der Waals surface area contributed by atoms with Crippen LogP contribution in [0, 0.1) is 0 Å². The molecule has 0 aliphatic heterocycles. The molecule has 1 aromatic rings. The van der Waals surface area contributed by atoms with Crippen LogP contribution in [-0.2, 0) is 11.2 Å². The average Bonchev–Trinajstić information content (AvgIpc) is 2.29. The van der Waals surface area contributed by atoms with Crippen LogP contribution in [-0.4, -0.2) is 13.1 Å². The van der Waals surface area contributed by atoms with Gasteiger partial charge in [0.05, 0.1) is 12.7 Å². The van der Waals surface area contributed by atoms with Crippen LogP contribution in [0.1, 0.15) is 42.1 Å². The number of hydrogen-bond acceptors (Lipinski definition) is 2. The lowest BCUT2D eigenvalue weighted by Crippen LogP contribution is -2.02. The zero-order valence-corrected chi connectivity index (χ0v) is 11.3. The minimum absolute atomic E-state index is 0.299. The predicted molar refractivity (Wildman–Crippen MR) is 68.7 cm³/mol. The third-order valence-corrected chi connectivity index (χ3v) is 3.16. The Morgan fingerprint density at radius 1 is 1.38 bits per heavy atom. The van der Waals surface area contributed by atoms with Crippen molar-refractivity contribution < 1.29 is 9.53 Å². The van der Waals surface area contributed by atoms with E-state index in [-0.39, 0.29) is 5.97 Å². The van der Waals surface area contributed by atoms with E-state index in [4.69, 9.17) is 0 Å². The van der Waals surface area contributed by atoms with Crippen LogP contribution in [0.2, 0.25) is 0 Å². The summed E-state index contributed by atoms with van der Waals surface area (Å²) < 4.78 is 5.50. The van der Waals surface area contributed by atoms with Gasteiger partial charge in [-0.3, -0.25) is 0 Å². The van der Waals surface area contributed by atoms with Crippen molar-refractivity contribution in [1.82, 2.24) is 0 Å². The van der Waals surface area contributed by atoms with Crippen LogP contribution in [0.15, 0.2) is 22.7 Å². The van der Waals surface area contributed by atoms with Crippen molar-refractivity contribution in [3.05, 3.63) is 33.8 Å². The lowest BCUT2D eigenvalue weighted by molar-refractivity contribution is 0.0599. The summed E-state index contributed by atoms with van der Waals surface area (Å²) in [5, 5.41) is 0. The Labute approximate surface area is 105 Å². The molecule has 0 aliphatic carbocycles. The quantitative estimate of drug-likeness (QED) is 0.604. The maximum atomic E-state index is 11.4. The Morgan fingerprint density at radius 2 is 2.12 bits per heavy atom. The second-order valence-corrected chi connectivity index (χ2v) is 4.62. The molecule has 2 nitrogen and oxygen atoms in total. The van der Waals surface area contributed by atoms with E-state index in [1.807, 2.05) is 18.2 Å². The van der Waals surface area contributed by atoms with E-state index in [0.717, 1.165) is 10.9 Å². The summed E-state index contributed by atoms with van der Waals surface area (Å²) in [5.41, 5.74) is 1.84. The Balaban J connectivity index is 2.71. The molecular formula is C13H17BrO2. The molecule has 16 heavy (non-hydrogen) atoms. The van der Waals surface area contributed by atoms with Crippen LogP contribution in [0.3, 0.4) is 0 Å². The summed E-state index contributed by atoms with van der Waals surface area (Å²) in [4.78, 5) is 11.4. The SMILES string of the molecule is CCCCCc1ccc(C(=O)OC)c(Br)c1. The van der Waals surface area contributed by atoms with E-state index in [2.05, 4.69) is 27.6 Å². The molecule has 0 aliphatic rings. The molecule has 0 bridgehead atoms. The molecule has 0 saturated carbocycles. The number of rotatable bonds is 5. The molecule has 1 rings (SSSR count). The maximum absolute atomic E-state index is 11.4. The molecule has 0 aromatic heterocycles. The van der Waals surface area contributed by atoms with Crippen LogP contribution in [0.5, 0.6) is 0 Å². The van der Waals surface area contributed by atoms with Gasteiger partial charge in [0.1, 0.15) is 0 Å². The number of halogens is 1. The first-order chi connectivity index (χ1) is 7.69. The fourth-order valence-corrected chi connectivity index (χ4v) is 2.16. The van der Waals surface area contributed by atoms with Crippen LogP contribution >= 0.6 is 15.9 Å². The Morgan fingerprint density at radius 3 is 2.69 bits per heavy atom. The largest absolute Gasteiger partial charge is 0.465 e. The number of hydrogen-bond donors (Lipinski definition) is 0. The van der Waals surface area contributed by atoms with Gasteiger partial charge in [0, 0.05) is 4.47 Å². The van der Waals surface area contributed by atoms with E-state index in [0.29, 0.717) is 5.56 Å². The summed E-state index contributed by atoms with van der Waals surface area (Å²) in [6.45, 7) is 2.19. The molecule has 0 heterocycles. The Bertz CT molecular complexity index is 361. The monoisotopic (exact) mass is 284 g/mol. The summed E-state index contributed by atoms with van der Waals surface area (Å²) in [6.07, 6.45) is 4.73. The molecule has 0 amide bonds. The highest BCUT2D eigenvalue weighted by Gasteiger charge is 2.09. The minimum Gasteiger partial charge on any atom is -0.465 e. The van der Waals surface area contributed by atoms with Crippen molar-refractivity contribution in [1.29, 1.82) is 0 Å². The number of carbonyl (C=O) groups excluding carboxylic acids is 1. The summed E-state index contributed by atoms with van der Waals surface area (Å²) in [5.74, 6) is -0.299. The van der Waals surface area contributed by atoms with Gasteiger partial charge in [-0.1, -0.05) is 25.8 Å². The van der Waals surface area contributed by atoms with Crippen LogP contribution < -0.4 is 0 Å². The second kappa shape index (κ2) is 6.69. The molecule has 3 heteroatoms. The Hall–Kier alpha value is -0.830. The minimum atomic E-state index is -0.299. The summed E-state index contributed by atoms with van der Waals surface area (Å²) >= 11 is 3.40. The third kappa shape index (κ3) is 3.63. The van der Waals surface area contributed by atoms with E-state index in [1.54, 1.807) is 0 Å². The van der Waals surface area contributed by atoms with E-state index < -0.39 is 0 Å². The number of methoxy groups -OCH3 is 1. The topological polar surface area (TPSA) is 26.3 Å². The summed E-state index contributed by atoms with van der Waals surface area (Å²) in [6, 6.07) is 5.81. The van der Waals surface area contributed by atoms with Crippen molar-refractivity contribution >= 4 is 21.9 Å². The highest BCUT2D eigenvalue weighted by molar-refractivity contribution is 9.10. The average molecular weight is 285 g/mol. The van der Waals surface area contributed by atoms with Crippen LogP contribution in [0.4, 0.5) is 0 Å². The molecule has 0 unspecified atom stereocenters. The first kappa shape index (κ1) is 13.2. The van der Waals surface area contributed by atoms with Gasteiger partial charge in [-0.15, -0.1) is 0 Å². The van der Waals surface area contributed by atoms with Gasteiger partial charge in [-0.2, -0.15) is 0 Å². The van der Waals surface area contributed by atoms with Gasteiger partial charge < -0.3 is 4.74 Å². The van der Waals surface area contributed by atoms with Gasteiger partial charge in [0.25, 0.3) is 0 Å². The fourth-order valence-electron chi connectivity index (χ4n) is 1.57. The van der Waals surface area contributed by atoms with Gasteiger partial charge in [0.2, 0.25) is 0 Å². The summed E-state index contributed by atoms with van der Waals surface area (Å²) in [7, 11) is 1.39. The second-order valence-electron chi connectivity index (χ2n) is 3.76. The third-order valence-electron chi connectivity index (χ3n) is 2.51. The number of unbranched alkanes of at least 4 members (excludes halogenated alkanes) is 2. The zero-order chi connectivity index (χ0) is 12.0. The van der Waals surface area contributed by atoms with Crippen molar-refractivity contribution in [2.45, 2.75) is 32.6 Å². The Kier molecular flexibility index (Phi) is 5.53. The fraction of sp³-hybridized carbons (Fsp3) is 0.462. The number of carbonyl (C=O) groups is 1. The molecule has 0 radical (unpaired) electrons. The van der Waals surface area contributed by atoms with Gasteiger partial charge in [-0.05, 0) is 46.5 Å². The standard InChI is InChI=1S/C13H17BrO2/c1-3-4-5-6-10-7-8-11(12(14)9-10)13(15)16-2/h7-9H,3-6H2,1-2H3. The maximum Gasteiger partial charge on any atom is 0.338 e. The number of esters is 1. The van der Waals surface area contributed by atoms with E-state index in [1.165, 1.54) is 31.9 Å². The normalized spacial score (nSPS) is 10.2. The van der Waals surface area contributed by atoms with Crippen molar-refractivity contribution in [3.8, 4) is 0 Å². The molecule has 0 fully saturated rings. The zero-order valence-electron chi connectivity index (χ0n) is 9.75. The first-order valence-electron chi connectivity index (χ1n) is 5.55. The van der Waals surface area contributed by atoms with Crippen molar-refractivity contribution in [2.24, 2.45) is 0 Å². The van der Waals surface area contributed by atoms with Gasteiger partial charge >= 0.3 is 5.97 Å². The van der Waals surface area contributed by atoms with Gasteiger partial charge in [0.15, 0.2) is 0 Å². The molecule has 1 aromatic carbocycles. The number of aryl methyl sites for hydroxylation is 1. The van der Waals surface area contributed by atoms with Gasteiger partial charge in [-0.25, -0.2) is 4.79 Å². The lowest BCUT2D eigenvalue weighted by Gasteiger charge is -2.05.